The zero-order chi connectivity index (χ0) is 9.80. The Balaban J connectivity index is 1.95. The average molecular weight is 255 g/mol. The molecule has 0 atom stereocenters. The van der Waals surface area contributed by atoms with Crippen molar-refractivity contribution in [1.82, 2.24) is 10.3 Å². The number of hydrogen-bond acceptors (Lipinski definition) is 2. The standard InChI is InChI=1S/C11H15BrN2/c12-11-6-10(7-14-8-11)5-9-1-3-13-4-2-9/h6-9,13H,1-5H2. The molecule has 1 saturated heterocycles. The second-order valence-corrected chi connectivity index (χ2v) is 4.82. The van der Waals surface area contributed by atoms with Crippen molar-refractivity contribution in [2.75, 3.05) is 13.1 Å². The van der Waals surface area contributed by atoms with Gasteiger partial charge in [-0.1, -0.05) is 0 Å². The topological polar surface area (TPSA) is 24.9 Å². The van der Waals surface area contributed by atoms with Gasteiger partial charge in [-0.05, 0) is 65.8 Å². The second kappa shape index (κ2) is 4.89. The van der Waals surface area contributed by atoms with Crippen LogP contribution in [0.25, 0.3) is 0 Å². The van der Waals surface area contributed by atoms with Gasteiger partial charge in [-0.25, -0.2) is 0 Å². The third-order valence-electron chi connectivity index (χ3n) is 2.74. The van der Waals surface area contributed by atoms with Gasteiger partial charge in [0.25, 0.3) is 0 Å². The lowest BCUT2D eigenvalue weighted by molar-refractivity contribution is 0.372. The minimum atomic E-state index is 0.840. The first-order chi connectivity index (χ1) is 6.84. The highest BCUT2D eigenvalue weighted by atomic mass is 79.9. The van der Waals surface area contributed by atoms with Crippen molar-refractivity contribution in [2.24, 2.45) is 5.92 Å². The molecule has 2 heterocycles. The van der Waals surface area contributed by atoms with E-state index in [-0.39, 0.29) is 0 Å². The number of halogens is 1. The Morgan fingerprint density at radius 2 is 2.14 bits per heavy atom. The molecule has 1 fully saturated rings. The fourth-order valence-corrected chi connectivity index (χ4v) is 2.40. The van der Waals surface area contributed by atoms with Gasteiger partial charge in [0.2, 0.25) is 0 Å². The smallest absolute Gasteiger partial charge is 0.0410 e. The van der Waals surface area contributed by atoms with Crippen molar-refractivity contribution in [1.29, 1.82) is 0 Å². The Hall–Kier alpha value is -0.410. The van der Waals surface area contributed by atoms with Crippen LogP contribution in [0.3, 0.4) is 0 Å². The second-order valence-electron chi connectivity index (χ2n) is 3.91. The maximum Gasteiger partial charge on any atom is 0.0410 e. The predicted molar refractivity (Wildman–Crippen MR) is 61.2 cm³/mol. The van der Waals surface area contributed by atoms with Crippen LogP contribution in [0.15, 0.2) is 22.9 Å². The molecule has 0 bridgehead atoms. The van der Waals surface area contributed by atoms with Gasteiger partial charge in [0.15, 0.2) is 0 Å². The van der Waals surface area contributed by atoms with Gasteiger partial charge in [0, 0.05) is 16.9 Å². The van der Waals surface area contributed by atoms with Crippen LogP contribution in [0.1, 0.15) is 18.4 Å². The van der Waals surface area contributed by atoms with Crippen LogP contribution in [0.4, 0.5) is 0 Å². The molecule has 2 nitrogen and oxygen atoms in total. The Kier molecular flexibility index (Phi) is 3.54. The van der Waals surface area contributed by atoms with Crippen LogP contribution in [0.5, 0.6) is 0 Å². The summed E-state index contributed by atoms with van der Waals surface area (Å²) in [5.41, 5.74) is 1.35. The minimum Gasteiger partial charge on any atom is -0.317 e. The highest BCUT2D eigenvalue weighted by Gasteiger charge is 2.13. The van der Waals surface area contributed by atoms with Gasteiger partial charge in [-0.3, -0.25) is 4.98 Å². The molecule has 0 saturated carbocycles. The van der Waals surface area contributed by atoms with Crippen molar-refractivity contribution in [2.45, 2.75) is 19.3 Å². The molecule has 3 heteroatoms. The first-order valence-electron chi connectivity index (χ1n) is 5.15. The Labute approximate surface area is 93.3 Å². The van der Waals surface area contributed by atoms with Crippen LogP contribution in [0, 0.1) is 5.92 Å². The number of rotatable bonds is 2. The van der Waals surface area contributed by atoms with Crippen molar-refractivity contribution >= 4 is 15.9 Å². The van der Waals surface area contributed by atoms with Gasteiger partial charge in [0.1, 0.15) is 0 Å². The molecule has 76 valence electrons. The van der Waals surface area contributed by atoms with Crippen LogP contribution in [-0.4, -0.2) is 18.1 Å². The number of nitrogens with one attached hydrogen (secondary N) is 1. The van der Waals surface area contributed by atoms with Gasteiger partial charge in [0.05, 0.1) is 0 Å². The molecule has 2 rings (SSSR count). The summed E-state index contributed by atoms with van der Waals surface area (Å²) in [4.78, 5) is 4.19. The quantitative estimate of drug-likeness (QED) is 0.877. The Bertz CT molecular complexity index is 295. The molecule has 0 aromatic carbocycles. The number of nitrogens with zero attached hydrogens (tertiary/aromatic N) is 1. The molecule has 1 aliphatic heterocycles. The van der Waals surface area contributed by atoms with Crippen molar-refractivity contribution in [3.63, 3.8) is 0 Å². The minimum absolute atomic E-state index is 0.840. The maximum absolute atomic E-state index is 4.19. The first-order valence-corrected chi connectivity index (χ1v) is 5.94. The molecule has 0 unspecified atom stereocenters. The lowest BCUT2D eigenvalue weighted by Crippen LogP contribution is -2.28. The van der Waals surface area contributed by atoms with E-state index in [9.17, 15) is 0 Å². The molecular weight excluding hydrogens is 240 g/mol. The zero-order valence-corrected chi connectivity index (χ0v) is 9.76. The third kappa shape index (κ3) is 2.79. The van der Waals surface area contributed by atoms with E-state index in [2.05, 4.69) is 32.3 Å². The molecule has 1 aliphatic rings. The van der Waals surface area contributed by atoms with E-state index < -0.39 is 0 Å². The monoisotopic (exact) mass is 254 g/mol. The summed E-state index contributed by atoms with van der Waals surface area (Å²) in [6, 6.07) is 2.18. The molecule has 0 aliphatic carbocycles. The summed E-state index contributed by atoms with van der Waals surface area (Å²) in [5.74, 6) is 0.840. The SMILES string of the molecule is Brc1cncc(CC2CCNCC2)c1. The van der Waals surface area contributed by atoms with E-state index in [0.717, 1.165) is 10.4 Å². The molecule has 1 N–H and O–H groups in total. The van der Waals surface area contributed by atoms with Gasteiger partial charge < -0.3 is 5.32 Å². The highest BCUT2D eigenvalue weighted by molar-refractivity contribution is 9.10. The summed E-state index contributed by atoms with van der Waals surface area (Å²) in [6.45, 7) is 2.35. The summed E-state index contributed by atoms with van der Waals surface area (Å²) in [5, 5.41) is 3.39. The molecule has 0 radical (unpaired) electrons. The van der Waals surface area contributed by atoms with E-state index >= 15 is 0 Å². The fourth-order valence-electron chi connectivity index (χ4n) is 1.99. The van der Waals surface area contributed by atoms with Crippen molar-refractivity contribution in [3.05, 3.63) is 28.5 Å². The Morgan fingerprint density at radius 3 is 2.86 bits per heavy atom. The molecule has 14 heavy (non-hydrogen) atoms. The largest absolute Gasteiger partial charge is 0.317 e. The molecule has 1 aromatic rings. The number of pyridine rings is 1. The van der Waals surface area contributed by atoms with Crippen molar-refractivity contribution < 1.29 is 0 Å². The van der Waals surface area contributed by atoms with E-state index in [1.54, 1.807) is 0 Å². The van der Waals surface area contributed by atoms with E-state index in [4.69, 9.17) is 0 Å². The molecule has 1 aromatic heterocycles. The highest BCUT2D eigenvalue weighted by Crippen LogP contribution is 2.19. The third-order valence-corrected chi connectivity index (χ3v) is 3.18. The van der Waals surface area contributed by atoms with E-state index in [1.807, 2.05) is 12.4 Å². The predicted octanol–water partition coefficient (Wildman–Crippen LogP) is 2.39. The van der Waals surface area contributed by atoms with Crippen LogP contribution < -0.4 is 5.32 Å². The summed E-state index contributed by atoms with van der Waals surface area (Å²) in [6.07, 6.45) is 7.59. The number of piperidine rings is 1. The number of aromatic nitrogens is 1. The van der Waals surface area contributed by atoms with E-state index in [1.165, 1.54) is 37.9 Å². The summed E-state index contributed by atoms with van der Waals surface area (Å²) in [7, 11) is 0. The molecular formula is C11H15BrN2. The fraction of sp³-hybridized carbons (Fsp3) is 0.545. The lowest BCUT2D eigenvalue weighted by atomic mass is 9.92. The normalized spacial score (nSPS) is 18.4. The van der Waals surface area contributed by atoms with Crippen LogP contribution >= 0.6 is 15.9 Å². The van der Waals surface area contributed by atoms with Gasteiger partial charge in [-0.2, -0.15) is 0 Å². The summed E-state index contributed by atoms with van der Waals surface area (Å²) < 4.78 is 1.09. The summed E-state index contributed by atoms with van der Waals surface area (Å²) >= 11 is 3.45. The van der Waals surface area contributed by atoms with Crippen molar-refractivity contribution in [3.8, 4) is 0 Å². The zero-order valence-electron chi connectivity index (χ0n) is 8.17. The van der Waals surface area contributed by atoms with Gasteiger partial charge in [-0.15, -0.1) is 0 Å². The first kappa shape index (κ1) is 10.1. The molecule has 0 spiro atoms. The lowest BCUT2D eigenvalue weighted by Gasteiger charge is -2.22. The van der Waals surface area contributed by atoms with Crippen LogP contribution in [-0.2, 0) is 6.42 Å². The van der Waals surface area contributed by atoms with Crippen LogP contribution in [0.2, 0.25) is 0 Å². The average Bonchev–Trinajstić information content (AvgIpc) is 2.19. The number of hydrogen-bond donors (Lipinski definition) is 1. The Morgan fingerprint density at radius 1 is 1.36 bits per heavy atom. The van der Waals surface area contributed by atoms with Gasteiger partial charge >= 0.3 is 0 Å². The maximum atomic E-state index is 4.19. The van der Waals surface area contributed by atoms with E-state index in [0.29, 0.717) is 0 Å². The molecule has 0 amide bonds.